The van der Waals surface area contributed by atoms with E-state index in [1.165, 1.54) is 20.8 Å². The van der Waals surface area contributed by atoms with Crippen molar-refractivity contribution < 1.29 is 41.4 Å². The summed E-state index contributed by atoms with van der Waals surface area (Å²) in [5.74, 6) is -5.55. The molecule has 2 N–H and O–H groups in total. The van der Waals surface area contributed by atoms with Crippen LogP contribution in [0.4, 0.5) is 26.7 Å². The molecule has 1 unspecified atom stereocenters. The van der Waals surface area contributed by atoms with E-state index in [-0.39, 0.29) is 0 Å². The highest BCUT2D eigenvalue weighted by Gasteiger charge is 2.36. The summed E-state index contributed by atoms with van der Waals surface area (Å²) in [4.78, 5) is 22.7. The maximum Gasteiger partial charge on any atom is 0.419 e. The number of amides is 1. The molecule has 0 aliphatic heterocycles. The molecule has 1 atom stereocenters. The Morgan fingerprint density at radius 1 is 1.16 bits per heavy atom. The van der Waals surface area contributed by atoms with Gasteiger partial charge in [0.15, 0.2) is 11.6 Å². The van der Waals surface area contributed by atoms with Crippen LogP contribution >= 0.6 is 0 Å². The van der Waals surface area contributed by atoms with Gasteiger partial charge in [-0.1, -0.05) is 6.07 Å². The van der Waals surface area contributed by atoms with E-state index in [0.717, 1.165) is 0 Å². The van der Waals surface area contributed by atoms with E-state index in [1.54, 1.807) is 0 Å². The first-order valence-corrected chi connectivity index (χ1v) is 6.98. The van der Waals surface area contributed by atoms with Gasteiger partial charge in [-0.3, -0.25) is 0 Å². The van der Waals surface area contributed by atoms with E-state index in [9.17, 15) is 31.5 Å². The Kier molecular flexibility index (Phi) is 5.98. The van der Waals surface area contributed by atoms with Crippen molar-refractivity contribution in [1.82, 2.24) is 5.32 Å². The predicted molar refractivity (Wildman–Crippen MR) is 75.9 cm³/mol. The third kappa shape index (κ3) is 5.87. The summed E-state index contributed by atoms with van der Waals surface area (Å²) in [7, 11) is 0. The third-order valence-electron chi connectivity index (χ3n) is 2.88. The SMILES string of the molecule is CC(C)(C)OC(=O)NC(Cc1ccc(C(F)(F)F)c(F)c1F)C(=O)O. The number of halogens is 5. The van der Waals surface area contributed by atoms with E-state index in [1.807, 2.05) is 5.32 Å². The number of carbonyl (C=O) groups is 2. The fraction of sp³-hybridized carbons (Fsp3) is 0.467. The molecule has 0 heterocycles. The Bertz CT molecular complexity index is 667. The lowest BCUT2D eigenvalue weighted by Crippen LogP contribution is -2.44. The van der Waals surface area contributed by atoms with Crippen LogP contribution in [0.1, 0.15) is 31.9 Å². The van der Waals surface area contributed by atoms with Crippen molar-refractivity contribution in [2.45, 2.75) is 45.0 Å². The molecule has 0 radical (unpaired) electrons. The number of benzene rings is 1. The lowest BCUT2D eigenvalue weighted by atomic mass is 10.0. The van der Waals surface area contributed by atoms with E-state index >= 15 is 0 Å². The molecular formula is C15H16F5NO4. The zero-order valence-corrected chi connectivity index (χ0v) is 13.5. The second-order valence-electron chi connectivity index (χ2n) is 6.14. The zero-order valence-electron chi connectivity index (χ0n) is 13.5. The molecule has 0 aliphatic rings. The first kappa shape index (κ1) is 20.7. The highest BCUT2D eigenvalue weighted by Crippen LogP contribution is 2.33. The first-order chi connectivity index (χ1) is 11.2. The number of carbonyl (C=O) groups excluding carboxylic acids is 1. The number of hydrogen-bond donors (Lipinski definition) is 2. The Morgan fingerprint density at radius 3 is 2.16 bits per heavy atom. The average molecular weight is 369 g/mol. The fourth-order valence-electron chi connectivity index (χ4n) is 1.84. The Balaban J connectivity index is 3.02. The second-order valence-corrected chi connectivity index (χ2v) is 6.14. The summed E-state index contributed by atoms with van der Waals surface area (Å²) in [6.45, 7) is 4.56. The van der Waals surface area contributed by atoms with Crippen molar-refractivity contribution in [3.8, 4) is 0 Å². The van der Waals surface area contributed by atoms with Crippen molar-refractivity contribution in [2.24, 2.45) is 0 Å². The zero-order chi connectivity index (χ0) is 19.6. The van der Waals surface area contributed by atoms with E-state index in [2.05, 4.69) is 0 Å². The molecule has 140 valence electrons. The maximum absolute atomic E-state index is 13.8. The van der Waals surface area contributed by atoms with Gasteiger partial charge in [-0.25, -0.2) is 18.4 Å². The largest absolute Gasteiger partial charge is 0.480 e. The molecule has 0 fully saturated rings. The van der Waals surface area contributed by atoms with Crippen LogP contribution in [0.15, 0.2) is 12.1 Å². The number of alkyl carbamates (subject to hydrolysis) is 1. The molecule has 0 bridgehead atoms. The van der Waals surface area contributed by atoms with Crippen LogP contribution in [0.5, 0.6) is 0 Å². The average Bonchev–Trinajstić information content (AvgIpc) is 2.39. The number of nitrogens with one attached hydrogen (secondary N) is 1. The van der Waals surface area contributed by atoms with Crippen LogP contribution in [0.2, 0.25) is 0 Å². The van der Waals surface area contributed by atoms with Gasteiger partial charge in [0.1, 0.15) is 11.6 Å². The molecule has 0 aliphatic carbocycles. The predicted octanol–water partition coefficient (Wildman–Crippen LogP) is 3.50. The molecule has 0 spiro atoms. The van der Waals surface area contributed by atoms with Gasteiger partial charge in [-0.2, -0.15) is 13.2 Å². The van der Waals surface area contributed by atoms with Crippen LogP contribution in [-0.2, 0) is 22.1 Å². The fourth-order valence-corrected chi connectivity index (χ4v) is 1.84. The number of hydrogen-bond acceptors (Lipinski definition) is 3. The van der Waals surface area contributed by atoms with Crippen LogP contribution in [0.25, 0.3) is 0 Å². The normalized spacial score (nSPS) is 13.3. The Hall–Kier alpha value is -2.39. The smallest absolute Gasteiger partial charge is 0.419 e. The van der Waals surface area contributed by atoms with Crippen molar-refractivity contribution in [2.75, 3.05) is 0 Å². The first-order valence-electron chi connectivity index (χ1n) is 6.98. The summed E-state index contributed by atoms with van der Waals surface area (Å²) in [6, 6.07) is -0.797. The van der Waals surface area contributed by atoms with Crippen molar-refractivity contribution in [1.29, 1.82) is 0 Å². The molecule has 0 saturated heterocycles. The number of alkyl halides is 3. The third-order valence-corrected chi connectivity index (χ3v) is 2.88. The minimum Gasteiger partial charge on any atom is -0.480 e. The van der Waals surface area contributed by atoms with E-state index < -0.39 is 59.1 Å². The van der Waals surface area contributed by atoms with Gasteiger partial charge in [0, 0.05) is 6.42 Å². The number of carboxylic acids is 1. The maximum atomic E-state index is 13.8. The standard InChI is InChI=1S/C15H16F5NO4/c1-14(2,3)25-13(24)21-9(12(22)23)6-7-4-5-8(15(18,19)20)11(17)10(7)16/h4-5,9H,6H2,1-3H3,(H,21,24)(H,22,23). The molecule has 1 aromatic rings. The summed E-state index contributed by atoms with van der Waals surface area (Å²) >= 11 is 0. The molecule has 1 aromatic carbocycles. The van der Waals surface area contributed by atoms with Crippen LogP contribution < -0.4 is 5.32 Å². The lowest BCUT2D eigenvalue weighted by Gasteiger charge is -2.22. The molecule has 0 saturated carbocycles. The van der Waals surface area contributed by atoms with Gasteiger partial charge in [-0.15, -0.1) is 0 Å². The van der Waals surface area contributed by atoms with Gasteiger partial charge in [-0.05, 0) is 32.4 Å². The van der Waals surface area contributed by atoms with Crippen molar-refractivity contribution >= 4 is 12.1 Å². The molecule has 10 heteroatoms. The second kappa shape index (κ2) is 7.24. The number of ether oxygens (including phenoxy) is 1. The molecule has 5 nitrogen and oxygen atoms in total. The minimum atomic E-state index is -5.09. The molecule has 25 heavy (non-hydrogen) atoms. The Morgan fingerprint density at radius 2 is 1.72 bits per heavy atom. The van der Waals surface area contributed by atoms with Gasteiger partial charge < -0.3 is 15.2 Å². The quantitative estimate of drug-likeness (QED) is 0.797. The highest BCUT2D eigenvalue weighted by molar-refractivity contribution is 5.80. The molecule has 0 aromatic heterocycles. The van der Waals surface area contributed by atoms with Gasteiger partial charge in [0.05, 0.1) is 5.56 Å². The Labute approximate surface area is 139 Å². The van der Waals surface area contributed by atoms with Gasteiger partial charge in [0.2, 0.25) is 0 Å². The molecule has 1 rings (SSSR count). The van der Waals surface area contributed by atoms with Crippen LogP contribution in [0.3, 0.4) is 0 Å². The number of aliphatic carboxylic acids is 1. The topological polar surface area (TPSA) is 75.6 Å². The van der Waals surface area contributed by atoms with E-state index in [0.29, 0.717) is 12.1 Å². The highest BCUT2D eigenvalue weighted by atomic mass is 19.4. The number of carboxylic acid groups (broad SMARTS) is 1. The van der Waals surface area contributed by atoms with Gasteiger partial charge in [0.25, 0.3) is 0 Å². The monoisotopic (exact) mass is 369 g/mol. The van der Waals surface area contributed by atoms with Crippen LogP contribution in [0, 0.1) is 11.6 Å². The number of rotatable bonds is 4. The summed E-state index contributed by atoms with van der Waals surface area (Å²) in [5, 5.41) is 11.0. The van der Waals surface area contributed by atoms with Gasteiger partial charge >= 0.3 is 18.2 Å². The summed E-state index contributed by atoms with van der Waals surface area (Å²) in [5.41, 5.74) is -3.37. The van der Waals surface area contributed by atoms with Crippen LogP contribution in [-0.4, -0.2) is 28.8 Å². The minimum absolute atomic E-state index is 0.306. The van der Waals surface area contributed by atoms with Crippen molar-refractivity contribution in [3.63, 3.8) is 0 Å². The summed E-state index contributed by atoms with van der Waals surface area (Å²) in [6.07, 6.45) is -6.98. The summed E-state index contributed by atoms with van der Waals surface area (Å²) < 4.78 is 69.7. The van der Waals surface area contributed by atoms with E-state index in [4.69, 9.17) is 9.84 Å². The van der Waals surface area contributed by atoms with Crippen molar-refractivity contribution in [3.05, 3.63) is 34.9 Å². The lowest BCUT2D eigenvalue weighted by molar-refractivity contribution is -0.141. The molecular weight excluding hydrogens is 353 g/mol. The molecule has 1 amide bonds.